The summed E-state index contributed by atoms with van der Waals surface area (Å²) in [6.45, 7) is 0. The van der Waals surface area contributed by atoms with E-state index in [1.165, 1.54) is 0 Å². The van der Waals surface area contributed by atoms with Crippen molar-refractivity contribution in [2.24, 2.45) is 0 Å². The monoisotopic (exact) mass is 275 g/mol. The molecule has 0 bridgehead atoms. The zero-order valence-electron chi connectivity index (χ0n) is 9.35. The zero-order chi connectivity index (χ0) is 12.4. The second-order valence-electron chi connectivity index (χ2n) is 3.79. The normalized spacial score (nSPS) is 10.5. The minimum atomic E-state index is 0.721. The number of anilines is 2. The lowest BCUT2D eigenvalue weighted by molar-refractivity contribution is 1.29. The molecule has 18 heavy (non-hydrogen) atoms. The molecule has 3 nitrogen and oxygen atoms in total. The molecule has 0 fully saturated rings. The van der Waals surface area contributed by atoms with Crippen molar-refractivity contribution in [1.29, 1.82) is 0 Å². The minimum absolute atomic E-state index is 0.721. The molecule has 3 aromatic rings. The van der Waals surface area contributed by atoms with E-state index in [2.05, 4.69) is 26.7 Å². The quantitative estimate of drug-likeness (QED) is 0.737. The molecule has 0 spiro atoms. The molecule has 0 saturated carbocycles. The molecule has 3 rings (SSSR count). The Morgan fingerprint density at radius 3 is 2.72 bits per heavy atom. The number of halogens is 1. The standard InChI is InChI=1S/C13H10ClN3S/c14-10-1-3-11(4-2-10)16-13-15-7-12(17-13)9-5-6-18-8-9/h1-8H,(H2,15,16,17). The Labute approximate surface area is 113 Å². The van der Waals surface area contributed by atoms with Crippen LogP contribution in [0.2, 0.25) is 5.02 Å². The van der Waals surface area contributed by atoms with E-state index in [0.29, 0.717) is 0 Å². The number of aromatic amines is 1. The van der Waals surface area contributed by atoms with Gasteiger partial charge in [-0.1, -0.05) is 11.6 Å². The molecule has 0 aliphatic carbocycles. The first-order valence-corrected chi connectivity index (χ1v) is 6.73. The first-order valence-electron chi connectivity index (χ1n) is 5.41. The van der Waals surface area contributed by atoms with Crippen LogP contribution in [0.4, 0.5) is 11.6 Å². The summed E-state index contributed by atoms with van der Waals surface area (Å²) in [5, 5.41) is 8.04. The fourth-order valence-electron chi connectivity index (χ4n) is 1.62. The van der Waals surface area contributed by atoms with Gasteiger partial charge in [0, 0.05) is 21.7 Å². The van der Waals surface area contributed by atoms with Crippen molar-refractivity contribution in [1.82, 2.24) is 9.97 Å². The van der Waals surface area contributed by atoms with E-state index in [4.69, 9.17) is 11.6 Å². The SMILES string of the molecule is Clc1ccc(Nc2ncc(-c3ccsc3)[nH]2)cc1. The van der Waals surface area contributed by atoms with Crippen molar-refractivity contribution in [3.05, 3.63) is 52.3 Å². The maximum atomic E-state index is 5.84. The van der Waals surface area contributed by atoms with Crippen LogP contribution in [0.3, 0.4) is 0 Å². The van der Waals surface area contributed by atoms with Crippen LogP contribution in [0.25, 0.3) is 11.3 Å². The Morgan fingerprint density at radius 2 is 2.00 bits per heavy atom. The number of hydrogen-bond acceptors (Lipinski definition) is 3. The van der Waals surface area contributed by atoms with E-state index in [1.807, 2.05) is 35.8 Å². The van der Waals surface area contributed by atoms with E-state index >= 15 is 0 Å². The van der Waals surface area contributed by atoms with Gasteiger partial charge in [-0.25, -0.2) is 4.98 Å². The maximum Gasteiger partial charge on any atom is 0.205 e. The molecule has 0 unspecified atom stereocenters. The highest BCUT2D eigenvalue weighted by Crippen LogP contribution is 2.23. The molecule has 90 valence electrons. The van der Waals surface area contributed by atoms with Crippen LogP contribution in [0, 0.1) is 0 Å². The summed E-state index contributed by atoms with van der Waals surface area (Å²) in [6, 6.07) is 9.56. The third-order valence-corrected chi connectivity index (χ3v) is 3.45. The van der Waals surface area contributed by atoms with Crippen molar-refractivity contribution in [2.45, 2.75) is 0 Å². The molecule has 5 heteroatoms. The summed E-state index contributed by atoms with van der Waals surface area (Å²) in [5.41, 5.74) is 3.11. The molecule has 2 aromatic heterocycles. The Bertz CT molecular complexity index is 629. The second-order valence-corrected chi connectivity index (χ2v) is 5.01. The van der Waals surface area contributed by atoms with Gasteiger partial charge in [-0.3, -0.25) is 0 Å². The second kappa shape index (κ2) is 4.84. The van der Waals surface area contributed by atoms with Gasteiger partial charge < -0.3 is 10.3 Å². The first kappa shape index (κ1) is 11.3. The average Bonchev–Trinajstić information content (AvgIpc) is 3.02. The van der Waals surface area contributed by atoms with Gasteiger partial charge >= 0.3 is 0 Å². The largest absolute Gasteiger partial charge is 0.326 e. The number of nitrogens with zero attached hydrogens (tertiary/aromatic N) is 1. The lowest BCUT2D eigenvalue weighted by atomic mass is 10.3. The smallest absolute Gasteiger partial charge is 0.205 e. The highest BCUT2D eigenvalue weighted by atomic mass is 35.5. The molecule has 2 N–H and O–H groups in total. The number of thiophene rings is 1. The summed E-state index contributed by atoms with van der Waals surface area (Å²) in [6.07, 6.45) is 1.82. The van der Waals surface area contributed by atoms with Crippen LogP contribution in [0.1, 0.15) is 0 Å². The number of aromatic nitrogens is 2. The molecule has 0 radical (unpaired) electrons. The predicted octanol–water partition coefficient (Wildman–Crippen LogP) is 4.54. The maximum absolute atomic E-state index is 5.84. The number of benzene rings is 1. The van der Waals surface area contributed by atoms with Crippen molar-refractivity contribution < 1.29 is 0 Å². The number of imidazole rings is 1. The minimum Gasteiger partial charge on any atom is -0.326 e. The molecule has 2 heterocycles. The van der Waals surface area contributed by atoms with Gasteiger partial charge in [-0.05, 0) is 35.7 Å². The third kappa shape index (κ3) is 2.39. The van der Waals surface area contributed by atoms with Gasteiger partial charge in [0.1, 0.15) is 0 Å². The van der Waals surface area contributed by atoms with Crippen LogP contribution in [0.15, 0.2) is 47.3 Å². The van der Waals surface area contributed by atoms with Crippen molar-refractivity contribution in [2.75, 3.05) is 5.32 Å². The van der Waals surface area contributed by atoms with E-state index < -0.39 is 0 Å². The van der Waals surface area contributed by atoms with E-state index in [1.54, 1.807) is 11.3 Å². The van der Waals surface area contributed by atoms with Gasteiger partial charge in [-0.15, -0.1) is 0 Å². The summed E-state index contributed by atoms with van der Waals surface area (Å²) < 4.78 is 0. The molecule has 0 amide bonds. The van der Waals surface area contributed by atoms with Crippen molar-refractivity contribution >= 4 is 34.6 Å². The topological polar surface area (TPSA) is 40.7 Å². The van der Waals surface area contributed by atoms with E-state index in [-0.39, 0.29) is 0 Å². The molecule has 0 atom stereocenters. The van der Waals surface area contributed by atoms with Crippen molar-refractivity contribution in [3.63, 3.8) is 0 Å². The zero-order valence-corrected chi connectivity index (χ0v) is 10.9. The number of nitrogens with one attached hydrogen (secondary N) is 2. The summed E-state index contributed by atoms with van der Waals surface area (Å²) in [5.74, 6) is 0.721. The lowest BCUT2D eigenvalue weighted by Crippen LogP contribution is -1.91. The van der Waals surface area contributed by atoms with Crippen LogP contribution < -0.4 is 5.32 Å². The van der Waals surface area contributed by atoms with Gasteiger partial charge in [0.2, 0.25) is 5.95 Å². The summed E-state index contributed by atoms with van der Waals surface area (Å²) in [4.78, 5) is 7.52. The highest BCUT2D eigenvalue weighted by molar-refractivity contribution is 7.08. The number of rotatable bonds is 3. The van der Waals surface area contributed by atoms with E-state index in [0.717, 1.165) is 27.9 Å². The molecular formula is C13H10ClN3S. The fraction of sp³-hybridized carbons (Fsp3) is 0. The van der Waals surface area contributed by atoms with Crippen LogP contribution in [-0.4, -0.2) is 9.97 Å². The van der Waals surface area contributed by atoms with Gasteiger partial charge in [0.25, 0.3) is 0 Å². The molecule has 0 aliphatic heterocycles. The molecular weight excluding hydrogens is 266 g/mol. The summed E-state index contributed by atoms with van der Waals surface area (Å²) in [7, 11) is 0. The third-order valence-electron chi connectivity index (χ3n) is 2.51. The molecule has 1 aromatic carbocycles. The molecule has 0 saturated heterocycles. The van der Waals surface area contributed by atoms with Crippen LogP contribution in [-0.2, 0) is 0 Å². The highest BCUT2D eigenvalue weighted by Gasteiger charge is 2.03. The number of H-pyrrole nitrogens is 1. The van der Waals surface area contributed by atoms with Gasteiger partial charge in [0.05, 0.1) is 11.9 Å². The van der Waals surface area contributed by atoms with Gasteiger partial charge in [-0.2, -0.15) is 11.3 Å². The summed E-state index contributed by atoms with van der Waals surface area (Å²) >= 11 is 7.50. The van der Waals surface area contributed by atoms with E-state index in [9.17, 15) is 0 Å². The first-order chi connectivity index (χ1) is 8.81. The Morgan fingerprint density at radius 1 is 1.17 bits per heavy atom. The Kier molecular flexibility index (Phi) is 3.04. The van der Waals surface area contributed by atoms with Crippen LogP contribution in [0.5, 0.6) is 0 Å². The van der Waals surface area contributed by atoms with Gasteiger partial charge in [0.15, 0.2) is 0 Å². The predicted molar refractivity (Wildman–Crippen MR) is 76.6 cm³/mol. The lowest BCUT2D eigenvalue weighted by Gasteiger charge is -2.02. The molecule has 0 aliphatic rings. The van der Waals surface area contributed by atoms with Crippen molar-refractivity contribution in [3.8, 4) is 11.3 Å². The average molecular weight is 276 g/mol. The number of hydrogen-bond donors (Lipinski definition) is 2. The fourth-order valence-corrected chi connectivity index (χ4v) is 2.40. The Balaban J connectivity index is 1.80. The van der Waals surface area contributed by atoms with Crippen LogP contribution >= 0.6 is 22.9 Å². The Hall–Kier alpha value is -1.78.